The zero-order chi connectivity index (χ0) is 22.3. The summed E-state index contributed by atoms with van der Waals surface area (Å²) in [4.78, 5) is 26.8. The summed E-state index contributed by atoms with van der Waals surface area (Å²) in [5.41, 5.74) is 1.89. The number of amides is 2. The molecule has 162 valence electrons. The fourth-order valence-corrected chi connectivity index (χ4v) is 3.38. The number of nitrogens with one attached hydrogen (secondary N) is 1. The molecule has 2 rings (SSSR count). The van der Waals surface area contributed by atoms with Crippen LogP contribution < -0.4 is 10.1 Å². The average Bonchev–Trinajstić information content (AvgIpc) is 2.71. The van der Waals surface area contributed by atoms with Crippen molar-refractivity contribution in [1.29, 1.82) is 0 Å². The maximum atomic E-state index is 13.0. The Morgan fingerprint density at radius 3 is 2.30 bits per heavy atom. The standard InChI is InChI=1S/C23H28Cl2N2O3/c1-5-26-23(29)16(4)27(13-18-6-9-19(24)12-21(18)25)22(28)14-30-20-10-7-17(8-11-20)15(2)3/h6-12,15-16H,5,13-14H2,1-4H3,(H,26,29)/t16-/m0/s1. The first kappa shape index (κ1) is 24.0. The molecule has 0 radical (unpaired) electrons. The first-order chi connectivity index (χ1) is 14.2. The van der Waals surface area contributed by atoms with Crippen LogP contribution in [0.25, 0.3) is 0 Å². The fraction of sp³-hybridized carbons (Fsp3) is 0.391. The lowest BCUT2D eigenvalue weighted by Crippen LogP contribution is -2.49. The Morgan fingerprint density at radius 1 is 1.07 bits per heavy atom. The molecule has 1 atom stereocenters. The highest BCUT2D eigenvalue weighted by atomic mass is 35.5. The summed E-state index contributed by atoms with van der Waals surface area (Å²) in [7, 11) is 0. The molecule has 1 N–H and O–H groups in total. The van der Waals surface area contributed by atoms with Crippen molar-refractivity contribution >= 4 is 35.0 Å². The smallest absolute Gasteiger partial charge is 0.261 e. The van der Waals surface area contributed by atoms with E-state index in [-0.39, 0.29) is 25.0 Å². The van der Waals surface area contributed by atoms with Gasteiger partial charge in [0, 0.05) is 23.1 Å². The zero-order valence-corrected chi connectivity index (χ0v) is 19.3. The van der Waals surface area contributed by atoms with E-state index in [0.717, 1.165) is 0 Å². The SMILES string of the molecule is CCNC(=O)[C@H](C)N(Cc1ccc(Cl)cc1Cl)C(=O)COc1ccc(C(C)C)cc1. The molecule has 0 saturated heterocycles. The van der Waals surface area contributed by atoms with Gasteiger partial charge in [0.2, 0.25) is 5.91 Å². The van der Waals surface area contributed by atoms with E-state index in [1.165, 1.54) is 10.5 Å². The van der Waals surface area contributed by atoms with E-state index < -0.39 is 6.04 Å². The highest BCUT2D eigenvalue weighted by Crippen LogP contribution is 2.23. The summed E-state index contributed by atoms with van der Waals surface area (Å²) in [6.45, 7) is 8.20. The Morgan fingerprint density at radius 2 is 1.73 bits per heavy atom. The minimum atomic E-state index is -0.684. The van der Waals surface area contributed by atoms with Gasteiger partial charge < -0.3 is 15.0 Å². The topological polar surface area (TPSA) is 58.6 Å². The predicted octanol–water partition coefficient (Wildman–Crippen LogP) is 5.05. The van der Waals surface area contributed by atoms with E-state index in [9.17, 15) is 9.59 Å². The first-order valence-corrected chi connectivity index (χ1v) is 10.7. The quantitative estimate of drug-likeness (QED) is 0.581. The summed E-state index contributed by atoms with van der Waals surface area (Å²) >= 11 is 12.3. The van der Waals surface area contributed by atoms with E-state index in [2.05, 4.69) is 19.2 Å². The molecule has 30 heavy (non-hydrogen) atoms. The summed E-state index contributed by atoms with van der Waals surface area (Å²) < 4.78 is 5.68. The number of halogens is 2. The molecule has 2 aromatic carbocycles. The van der Waals surface area contributed by atoms with Crippen LogP contribution in [0.5, 0.6) is 5.75 Å². The number of ether oxygens (including phenoxy) is 1. The number of hydrogen-bond donors (Lipinski definition) is 1. The summed E-state index contributed by atoms with van der Waals surface area (Å²) in [5, 5.41) is 3.70. The predicted molar refractivity (Wildman–Crippen MR) is 121 cm³/mol. The Balaban J connectivity index is 2.15. The van der Waals surface area contributed by atoms with Crippen molar-refractivity contribution in [3.8, 4) is 5.75 Å². The van der Waals surface area contributed by atoms with Crippen molar-refractivity contribution in [3.63, 3.8) is 0 Å². The van der Waals surface area contributed by atoms with Crippen LogP contribution in [-0.2, 0) is 16.1 Å². The largest absolute Gasteiger partial charge is 0.484 e. The van der Waals surface area contributed by atoms with E-state index in [1.54, 1.807) is 25.1 Å². The maximum absolute atomic E-state index is 13.0. The van der Waals surface area contributed by atoms with Gasteiger partial charge in [0.15, 0.2) is 6.61 Å². The lowest BCUT2D eigenvalue weighted by Gasteiger charge is -2.29. The Bertz CT molecular complexity index is 869. The summed E-state index contributed by atoms with van der Waals surface area (Å²) in [6, 6.07) is 12.0. The average molecular weight is 451 g/mol. The van der Waals surface area contributed by atoms with Crippen LogP contribution in [0.2, 0.25) is 10.0 Å². The van der Waals surface area contributed by atoms with Crippen molar-refractivity contribution in [2.75, 3.05) is 13.2 Å². The van der Waals surface area contributed by atoms with Gasteiger partial charge in [-0.2, -0.15) is 0 Å². The number of likely N-dealkylation sites (N-methyl/N-ethyl adjacent to an activating group) is 1. The molecule has 0 saturated carbocycles. The lowest BCUT2D eigenvalue weighted by molar-refractivity contribution is -0.142. The molecular weight excluding hydrogens is 423 g/mol. The molecule has 0 bridgehead atoms. The number of rotatable bonds is 9. The third-order valence-electron chi connectivity index (χ3n) is 4.78. The number of carbonyl (C=O) groups is 2. The molecular formula is C23H28Cl2N2O3. The van der Waals surface area contributed by atoms with Crippen LogP contribution in [0.15, 0.2) is 42.5 Å². The van der Waals surface area contributed by atoms with E-state index in [4.69, 9.17) is 27.9 Å². The van der Waals surface area contributed by atoms with Gasteiger partial charge in [-0.25, -0.2) is 0 Å². The van der Waals surface area contributed by atoms with Gasteiger partial charge in [-0.05, 0) is 55.2 Å². The van der Waals surface area contributed by atoms with Gasteiger partial charge in [0.25, 0.3) is 5.91 Å². The van der Waals surface area contributed by atoms with Crippen molar-refractivity contribution < 1.29 is 14.3 Å². The van der Waals surface area contributed by atoms with Gasteiger partial charge in [0.05, 0.1) is 0 Å². The van der Waals surface area contributed by atoms with Crippen LogP contribution in [0, 0.1) is 0 Å². The van der Waals surface area contributed by atoms with Gasteiger partial charge in [-0.15, -0.1) is 0 Å². The molecule has 0 aliphatic rings. The second-order valence-corrected chi connectivity index (χ2v) is 8.18. The maximum Gasteiger partial charge on any atom is 0.261 e. The third-order valence-corrected chi connectivity index (χ3v) is 5.37. The van der Waals surface area contributed by atoms with Crippen LogP contribution in [-0.4, -0.2) is 35.9 Å². The van der Waals surface area contributed by atoms with Crippen molar-refractivity contribution in [3.05, 3.63) is 63.6 Å². The third kappa shape index (κ3) is 6.64. The molecule has 0 aromatic heterocycles. The monoisotopic (exact) mass is 450 g/mol. The minimum absolute atomic E-state index is 0.169. The van der Waals surface area contributed by atoms with Crippen LogP contribution in [0.4, 0.5) is 0 Å². The second kappa shape index (κ2) is 11.2. The molecule has 0 fully saturated rings. The molecule has 0 unspecified atom stereocenters. The molecule has 0 aliphatic heterocycles. The summed E-state index contributed by atoms with van der Waals surface area (Å²) in [6.07, 6.45) is 0. The zero-order valence-electron chi connectivity index (χ0n) is 17.7. The molecule has 7 heteroatoms. The highest BCUT2D eigenvalue weighted by Gasteiger charge is 2.26. The molecule has 2 aromatic rings. The van der Waals surface area contributed by atoms with Crippen molar-refractivity contribution in [1.82, 2.24) is 10.2 Å². The van der Waals surface area contributed by atoms with Crippen LogP contribution in [0.1, 0.15) is 44.7 Å². The van der Waals surface area contributed by atoms with E-state index >= 15 is 0 Å². The van der Waals surface area contributed by atoms with E-state index in [1.807, 2.05) is 31.2 Å². The number of carbonyl (C=O) groups excluding carboxylic acids is 2. The van der Waals surface area contributed by atoms with Gasteiger partial charge in [-0.1, -0.05) is 55.2 Å². The van der Waals surface area contributed by atoms with Crippen molar-refractivity contribution in [2.45, 2.75) is 46.2 Å². The normalized spacial score (nSPS) is 11.8. The van der Waals surface area contributed by atoms with Gasteiger partial charge in [-0.3, -0.25) is 9.59 Å². The van der Waals surface area contributed by atoms with Gasteiger partial charge in [0.1, 0.15) is 11.8 Å². The Labute approximate surface area is 188 Å². The van der Waals surface area contributed by atoms with E-state index in [0.29, 0.717) is 33.8 Å². The first-order valence-electron chi connectivity index (χ1n) is 9.96. The highest BCUT2D eigenvalue weighted by molar-refractivity contribution is 6.35. The number of nitrogens with zero attached hydrogens (tertiary/aromatic N) is 1. The lowest BCUT2D eigenvalue weighted by atomic mass is 10.0. The van der Waals surface area contributed by atoms with Crippen LogP contribution in [0.3, 0.4) is 0 Å². The molecule has 2 amide bonds. The minimum Gasteiger partial charge on any atom is -0.484 e. The molecule has 5 nitrogen and oxygen atoms in total. The number of hydrogen-bond acceptors (Lipinski definition) is 3. The second-order valence-electron chi connectivity index (χ2n) is 7.34. The fourth-order valence-electron chi connectivity index (χ4n) is 2.91. The Kier molecular flexibility index (Phi) is 9.00. The Hall–Kier alpha value is -2.24. The molecule has 0 spiro atoms. The molecule has 0 heterocycles. The van der Waals surface area contributed by atoms with Gasteiger partial charge >= 0.3 is 0 Å². The van der Waals surface area contributed by atoms with Crippen molar-refractivity contribution in [2.24, 2.45) is 0 Å². The van der Waals surface area contributed by atoms with Crippen LogP contribution >= 0.6 is 23.2 Å². The molecule has 0 aliphatic carbocycles. The summed E-state index contributed by atoms with van der Waals surface area (Å²) in [5.74, 6) is 0.464. The number of benzene rings is 2.